The third kappa shape index (κ3) is 10.0. The van der Waals surface area contributed by atoms with E-state index in [9.17, 15) is 9.59 Å². The van der Waals surface area contributed by atoms with Gasteiger partial charge in [-0.2, -0.15) is 0 Å². The molecule has 44 heavy (non-hydrogen) atoms. The number of alkyl halides is 6. The van der Waals surface area contributed by atoms with Crippen molar-refractivity contribution in [1.82, 2.24) is 10.6 Å². The van der Waals surface area contributed by atoms with Crippen molar-refractivity contribution in [2.24, 2.45) is 0 Å². The highest BCUT2D eigenvalue weighted by atomic mass is 35.6. The van der Waals surface area contributed by atoms with E-state index in [1.807, 2.05) is 65.8 Å². The molecular weight excluding hydrogens is 693 g/mol. The van der Waals surface area contributed by atoms with E-state index in [1.165, 1.54) is 12.1 Å². The van der Waals surface area contributed by atoms with Gasteiger partial charge in [0.25, 0.3) is 0 Å². The summed E-state index contributed by atoms with van der Waals surface area (Å²) >= 11 is 37.1. The van der Waals surface area contributed by atoms with Crippen molar-refractivity contribution in [3.63, 3.8) is 0 Å². The third-order valence-corrected chi connectivity index (χ3v) is 7.48. The van der Waals surface area contributed by atoms with Crippen molar-refractivity contribution in [3.05, 3.63) is 81.9 Å². The predicted molar refractivity (Wildman–Crippen MR) is 181 cm³/mol. The van der Waals surface area contributed by atoms with Crippen LogP contribution >= 0.6 is 69.6 Å². The van der Waals surface area contributed by atoms with E-state index in [2.05, 4.69) is 21.3 Å². The van der Waals surface area contributed by atoms with Crippen molar-refractivity contribution in [1.29, 1.82) is 0 Å². The number of benzene rings is 3. The molecule has 8 nitrogen and oxygen atoms in total. The molecule has 238 valence electrons. The molecule has 2 atom stereocenters. The first-order valence-electron chi connectivity index (χ1n) is 13.2. The van der Waals surface area contributed by atoms with Gasteiger partial charge in [0.2, 0.25) is 20.0 Å². The summed E-state index contributed by atoms with van der Waals surface area (Å²) in [7, 11) is 0. The minimum Gasteiger partial charge on any atom is -0.462 e. The minimum absolute atomic E-state index is 0.0125. The van der Waals surface area contributed by atoms with Crippen LogP contribution in [-0.4, -0.2) is 32.1 Å². The van der Waals surface area contributed by atoms with Crippen molar-refractivity contribution in [2.75, 3.05) is 10.6 Å². The fourth-order valence-electron chi connectivity index (χ4n) is 4.55. The zero-order chi connectivity index (χ0) is 33.0. The number of carbonyl (C=O) groups is 2. The molecule has 0 spiro atoms. The maximum absolute atomic E-state index is 13.0. The lowest BCUT2D eigenvalue weighted by molar-refractivity contribution is 0.140. The molecule has 4 amide bonds. The molecule has 14 heteroatoms. The highest BCUT2D eigenvalue weighted by Gasteiger charge is 2.39. The van der Waals surface area contributed by atoms with E-state index >= 15 is 0 Å². The number of hydrogen-bond acceptors (Lipinski definition) is 4. The quantitative estimate of drug-likeness (QED) is 0.137. The summed E-state index contributed by atoms with van der Waals surface area (Å²) in [6.45, 7) is 11.4. The first-order valence-corrected chi connectivity index (χ1v) is 15.5. The fourth-order valence-corrected chi connectivity index (χ4v) is 5.14. The lowest BCUT2D eigenvalue weighted by Crippen LogP contribution is -2.50. The average molecular weight is 725 g/mol. The normalized spacial score (nSPS) is 13.0. The Balaban J connectivity index is 1.80. The molecule has 0 aliphatic heterocycles. The second-order valence-corrected chi connectivity index (χ2v) is 15.0. The van der Waals surface area contributed by atoms with Gasteiger partial charge in [-0.3, -0.25) is 10.6 Å². The molecule has 4 N–H and O–H groups in total. The van der Waals surface area contributed by atoms with Crippen LogP contribution in [0.2, 0.25) is 0 Å². The van der Waals surface area contributed by atoms with Gasteiger partial charge >= 0.3 is 12.1 Å². The summed E-state index contributed by atoms with van der Waals surface area (Å²) in [5.41, 5.74) is 6.71. The van der Waals surface area contributed by atoms with Gasteiger partial charge in [0.1, 0.15) is 0 Å². The van der Waals surface area contributed by atoms with Crippen LogP contribution in [-0.2, 0) is 0 Å². The minimum atomic E-state index is -2.13. The molecule has 3 aromatic carbocycles. The van der Waals surface area contributed by atoms with Crippen LogP contribution in [0.1, 0.15) is 33.4 Å². The number of amides is 4. The van der Waals surface area contributed by atoms with Crippen LogP contribution in [0.5, 0.6) is 11.5 Å². The number of hydrogen-bond donors (Lipinski definition) is 4. The standard InChI is InChI=1S/C30H32Cl6N4O4/c1-15-11-17(3)23(18(4)12-15)37-27(41)39-25(29(31,32)33)43-21-9-7-8-10-22(21)44-26(30(34,35)36)40-28(42)38-24-19(5)13-16(2)14-20(24)6/h7-14,25-26H,1-6H3,(H2,37,39,41)(H2,38,40,42). The Hall–Kier alpha value is -2.46. The largest absolute Gasteiger partial charge is 0.462 e. The second kappa shape index (κ2) is 14.8. The van der Waals surface area contributed by atoms with Crippen molar-refractivity contribution >= 4 is 93.0 Å². The Kier molecular flexibility index (Phi) is 12.1. The van der Waals surface area contributed by atoms with Crippen molar-refractivity contribution in [3.8, 4) is 11.5 Å². The van der Waals surface area contributed by atoms with Crippen LogP contribution in [0.4, 0.5) is 21.0 Å². The first kappa shape index (κ1) is 36.0. The Morgan fingerprint density at radius 3 is 1.16 bits per heavy atom. The summed E-state index contributed by atoms with van der Waals surface area (Å²) < 4.78 is 7.56. The van der Waals surface area contributed by atoms with Crippen LogP contribution in [0, 0.1) is 41.5 Å². The van der Waals surface area contributed by atoms with Crippen LogP contribution < -0.4 is 30.7 Å². The zero-order valence-electron chi connectivity index (χ0n) is 24.7. The number of rotatable bonds is 8. The Morgan fingerprint density at radius 1 is 0.591 bits per heavy atom. The second-order valence-electron chi connectivity index (χ2n) is 10.3. The van der Waals surface area contributed by atoms with Crippen molar-refractivity contribution < 1.29 is 19.1 Å². The first-order chi connectivity index (χ1) is 20.3. The molecule has 0 fully saturated rings. The monoisotopic (exact) mass is 722 g/mol. The van der Waals surface area contributed by atoms with E-state index in [-0.39, 0.29) is 11.5 Å². The highest BCUT2D eigenvalue weighted by molar-refractivity contribution is 6.68. The van der Waals surface area contributed by atoms with Crippen LogP contribution in [0.25, 0.3) is 0 Å². The van der Waals surface area contributed by atoms with Gasteiger partial charge < -0.3 is 20.1 Å². The van der Waals surface area contributed by atoms with Gasteiger partial charge in [-0.15, -0.1) is 0 Å². The molecule has 0 aromatic heterocycles. The number of para-hydroxylation sites is 2. The summed E-state index contributed by atoms with van der Waals surface area (Å²) in [6, 6.07) is 12.5. The lowest BCUT2D eigenvalue weighted by Gasteiger charge is -2.30. The van der Waals surface area contributed by atoms with Crippen molar-refractivity contribution in [2.45, 2.75) is 61.6 Å². The molecule has 2 unspecified atom stereocenters. The zero-order valence-corrected chi connectivity index (χ0v) is 29.2. The molecule has 0 bridgehead atoms. The van der Waals surface area contributed by atoms with Gasteiger partial charge in [0.05, 0.1) is 0 Å². The fraction of sp³-hybridized carbons (Fsp3) is 0.333. The van der Waals surface area contributed by atoms with E-state index in [0.29, 0.717) is 11.4 Å². The van der Waals surface area contributed by atoms with Gasteiger partial charge in [-0.1, -0.05) is 117 Å². The van der Waals surface area contributed by atoms with Gasteiger partial charge in [-0.05, 0) is 75.9 Å². The number of carbonyl (C=O) groups excluding carboxylic acids is 2. The van der Waals surface area contributed by atoms with Gasteiger partial charge in [0.15, 0.2) is 11.5 Å². The highest BCUT2D eigenvalue weighted by Crippen LogP contribution is 2.38. The Labute approximate surface area is 286 Å². The maximum atomic E-state index is 13.0. The third-order valence-electron chi connectivity index (χ3n) is 6.29. The van der Waals surface area contributed by atoms with E-state index in [0.717, 1.165) is 33.4 Å². The van der Waals surface area contributed by atoms with Gasteiger partial charge in [0, 0.05) is 11.4 Å². The summed E-state index contributed by atoms with van der Waals surface area (Å²) in [4.78, 5) is 25.9. The molecule has 0 saturated heterocycles. The molecule has 0 aliphatic carbocycles. The Morgan fingerprint density at radius 2 is 0.886 bits per heavy atom. The maximum Gasteiger partial charge on any atom is 0.322 e. The number of halogens is 6. The summed E-state index contributed by atoms with van der Waals surface area (Å²) in [5, 5.41) is 10.6. The molecule has 3 aromatic rings. The molecule has 0 saturated carbocycles. The Bertz CT molecular complexity index is 1370. The molecular formula is C30H32Cl6N4O4. The van der Waals surface area contributed by atoms with E-state index in [4.69, 9.17) is 79.1 Å². The predicted octanol–water partition coefficient (Wildman–Crippen LogP) is 9.33. The summed E-state index contributed by atoms with van der Waals surface area (Å²) in [5.74, 6) is 0.0250. The lowest BCUT2D eigenvalue weighted by atomic mass is 10.1. The van der Waals surface area contributed by atoms with Gasteiger partial charge in [-0.25, -0.2) is 9.59 Å². The summed E-state index contributed by atoms with van der Waals surface area (Å²) in [6.07, 6.45) is -3.00. The van der Waals surface area contributed by atoms with Crippen LogP contribution in [0.15, 0.2) is 48.5 Å². The van der Waals surface area contributed by atoms with E-state index < -0.39 is 32.1 Å². The number of ether oxygens (including phenoxy) is 2. The topological polar surface area (TPSA) is 101 Å². The van der Waals surface area contributed by atoms with Crippen LogP contribution in [0.3, 0.4) is 0 Å². The average Bonchev–Trinajstić information content (AvgIpc) is 2.87. The number of urea groups is 2. The SMILES string of the molecule is Cc1cc(C)c(NC(=O)NC(Oc2ccccc2OC(NC(=O)Nc2c(C)cc(C)cc2C)C(Cl)(Cl)Cl)C(Cl)(Cl)Cl)c(C)c1. The smallest absolute Gasteiger partial charge is 0.322 e. The molecule has 3 rings (SSSR count). The molecule has 0 radical (unpaired) electrons. The molecule has 0 aliphatic rings. The number of aryl methyl sites for hydroxylation is 6. The number of nitrogens with one attached hydrogen (secondary N) is 4. The van der Waals surface area contributed by atoms with E-state index in [1.54, 1.807) is 12.1 Å². The molecule has 0 heterocycles. The number of anilines is 2.